The van der Waals surface area contributed by atoms with E-state index in [1.807, 2.05) is 0 Å². The van der Waals surface area contributed by atoms with Crippen molar-refractivity contribution in [1.29, 1.82) is 0 Å². The number of aryl methyl sites for hydroxylation is 1. The predicted octanol–water partition coefficient (Wildman–Crippen LogP) is 1.91. The summed E-state index contributed by atoms with van der Waals surface area (Å²) in [7, 11) is 4.94. The Morgan fingerprint density at radius 2 is 2.05 bits per heavy atom. The minimum atomic E-state index is -4.59. The molecule has 0 radical (unpaired) electrons. The Hall–Kier alpha value is -2.32. The van der Waals surface area contributed by atoms with Crippen molar-refractivity contribution in [2.24, 2.45) is 7.05 Å². The fourth-order valence-electron chi connectivity index (χ4n) is 1.79. The molecule has 0 spiro atoms. The van der Waals surface area contributed by atoms with Crippen molar-refractivity contribution < 1.29 is 13.2 Å². The summed E-state index contributed by atoms with van der Waals surface area (Å²) in [5.74, 6) is -0.863. The molecular weight excluding hydrogens is 285 g/mol. The molecule has 0 saturated carbocycles. The maximum Gasteiger partial charge on any atom is 0.451 e. The van der Waals surface area contributed by atoms with E-state index in [1.54, 1.807) is 36.1 Å². The van der Waals surface area contributed by atoms with Crippen LogP contribution in [0.25, 0.3) is 0 Å². The smallest absolute Gasteiger partial charge is 0.373 e. The molecule has 2 heterocycles. The van der Waals surface area contributed by atoms with Crippen LogP contribution >= 0.6 is 0 Å². The van der Waals surface area contributed by atoms with E-state index in [-0.39, 0.29) is 11.6 Å². The zero-order valence-electron chi connectivity index (χ0n) is 11.8. The van der Waals surface area contributed by atoms with Gasteiger partial charge in [0.1, 0.15) is 11.6 Å². The van der Waals surface area contributed by atoms with Crippen LogP contribution in [0.15, 0.2) is 18.5 Å². The Morgan fingerprint density at radius 1 is 1.33 bits per heavy atom. The van der Waals surface area contributed by atoms with Gasteiger partial charge >= 0.3 is 6.18 Å². The molecule has 2 aromatic heterocycles. The second-order valence-electron chi connectivity index (χ2n) is 4.56. The minimum absolute atomic E-state index is 0.116. The molecule has 0 unspecified atom stereocenters. The molecule has 0 aliphatic carbocycles. The van der Waals surface area contributed by atoms with Gasteiger partial charge in [-0.3, -0.25) is 4.68 Å². The van der Waals surface area contributed by atoms with E-state index in [9.17, 15) is 13.2 Å². The van der Waals surface area contributed by atoms with Crippen LogP contribution in [0.1, 0.15) is 11.4 Å². The Bertz CT molecular complexity index is 622. The van der Waals surface area contributed by atoms with Crippen LogP contribution in [0, 0.1) is 0 Å². The van der Waals surface area contributed by atoms with E-state index in [0.29, 0.717) is 6.54 Å². The lowest BCUT2D eigenvalue weighted by Crippen LogP contribution is -2.21. The van der Waals surface area contributed by atoms with Gasteiger partial charge in [-0.15, -0.1) is 0 Å². The number of nitrogens with zero attached hydrogens (tertiary/aromatic N) is 5. The lowest BCUT2D eigenvalue weighted by atomic mass is 10.3. The van der Waals surface area contributed by atoms with Gasteiger partial charge in [0.25, 0.3) is 0 Å². The number of hydrogen-bond acceptors (Lipinski definition) is 5. The summed E-state index contributed by atoms with van der Waals surface area (Å²) < 4.78 is 40.0. The lowest BCUT2D eigenvalue weighted by molar-refractivity contribution is -0.144. The Kier molecular flexibility index (Phi) is 4.01. The molecule has 2 aromatic rings. The highest BCUT2D eigenvalue weighted by Crippen LogP contribution is 2.29. The van der Waals surface area contributed by atoms with Gasteiger partial charge in [0, 0.05) is 45.5 Å². The fraction of sp³-hybridized carbons (Fsp3) is 0.417. The highest BCUT2D eigenvalue weighted by molar-refractivity contribution is 5.49. The molecule has 0 amide bonds. The standard InChI is InChI=1S/C12H15F3N6/c1-16-9-4-10(19-11(18-9)12(13,14)15)20(2)6-8-5-17-21(3)7-8/h4-5,7H,6H2,1-3H3,(H,16,18,19). The van der Waals surface area contributed by atoms with E-state index < -0.39 is 12.0 Å². The zero-order chi connectivity index (χ0) is 15.6. The third-order valence-corrected chi connectivity index (χ3v) is 2.79. The number of nitrogens with one attached hydrogen (secondary N) is 1. The normalized spacial score (nSPS) is 11.5. The Morgan fingerprint density at radius 3 is 2.57 bits per heavy atom. The second kappa shape index (κ2) is 5.58. The molecule has 0 saturated heterocycles. The van der Waals surface area contributed by atoms with Crippen LogP contribution in [0.4, 0.5) is 24.8 Å². The topological polar surface area (TPSA) is 58.9 Å². The maximum atomic E-state index is 12.8. The van der Waals surface area contributed by atoms with E-state index in [2.05, 4.69) is 20.4 Å². The Balaban J connectivity index is 2.29. The van der Waals surface area contributed by atoms with Crippen LogP contribution in [-0.2, 0) is 19.8 Å². The quantitative estimate of drug-likeness (QED) is 0.934. The van der Waals surface area contributed by atoms with Crippen LogP contribution in [0.3, 0.4) is 0 Å². The first kappa shape index (κ1) is 15.1. The molecule has 0 fully saturated rings. The molecule has 2 rings (SSSR count). The number of alkyl halides is 3. The average molecular weight is 300 g/mol. The summed E-state index contributed by atoms with van der Waals surface area (Å²) in [5, 5.41) is 6.63. The molecule has 21 heavy (non-hydrogen) atoms. The van der Waals surface area contributed by atoms with Gasteiger partial charge in [-0.05, 0) is 0 Å². The Labute approximate surface area is 119 Å². The van der Waals surface area contributed by atoms with E-state index in [1.165, 1.54) is 13.1 Å². The summed E-state index contributed by atoms with van der Waals surface area (Å²) >= 11 is 0. The monoisotopic (exact) mass is 300 g/mol. The van der Waals surface area contributed by atoms with Gasteiger partial charge in [-0.2, -0.15) is 18.3 Å². The summed E-state index contributed by atoms with van der Waals surface area (Å²) in [4.78, 5) is 8.61. The van der Waals surface area contributed by atoms with Gasteiger partial charge in [0.2, 0.25) is 5.82 Å². The number of hydrogen-bond donors (Lipinski definition) is 1. The van der Waals surface area contributed by atoms with Crippen molar-refractivity contribution >= 4 is 11.6 Å². The molecule has 1 N–H and O–H groups in total. The summed E-state index contributed by atoms with van der Waals surface area (Å²) in [6, 6.07) is 1.46. The second-order valence-corrected chi connectivity index (χ2v) is 4.56. The predicted molar refractivity (Wildman–Crippen MR) is 71.9 cm³/mol. The van der Waals surface area contributed by atoms with E-state index >= 15 is 0 Å². The molecule has 0 atom stereocenters. The van der Waals surface area contributed by atoms with Gasteiger partial charge in [0.15, 0.2) is 0 Å². The third kappa shape index (κ3) is 3.61. The minimum Gasteiger partial charge on any atom is -0.373 e. The number of aromatic nitrogens is 4. The van der Waals surface area contributed by atoms with Crippen LogP contribution in [-0.4, -0.2) is 33.8 Å². The van der Waals surface area contributed by atoms with Crippen molar-refractivity contribution in [3.05, 3.63) is 29.8 Å². The molecule has 0 bridgehead atoms. The van der Waals surface area contributed by atoms with Gasteiger partial charge < -0.3 is 10.2 Å². The van der Waals surface area contributed by atoms with Crippen molar-refractivity contribution in [3.8, 4) is 0 Å². The maximum absolute atomic E-state index is 12.8. The van der Waals surface area contributed by atoms with Gasteiger partial charge in [-0.1, -0.05) is 0 Å². The first-order chi connectivity index (χ1) is 9.79. The van der Waals surface area contributed by atoms with E-state index in [0.717, 1.165) is 5.56 Å². The first-order valence-electron chi connectivity index (χ1n) is 6.12. The first-order valence-corrected chi connectivity index (χ1v) is 6.12. The van der Waals surface area contributed by atoms with E-state index in [4.69, 9.17) is 0 Å². The highest BCUT2D eigenvalue weighted by Gasteiger charge is 2.35. The summed E-state index contributed by atoms with van der Waals surface area (Å²) in [5.41, 5.74) is 0.873. The number of rotatable bonds is 4. The van der Waals surface area contributed by atoms with Crippen molar-refractivity contribution in [2.45, 2.75) is 12.7 Å². The van der Waals surface area contributed by atoms with Crippen molar-refractivity contribution in [3.63, 3.8) is 0 Å². The third-order valence-electron chi connectivity index (χ3n) is 2.79. The number of halogens is 3. The molecule has 0 aliphatic rings. The molecule has 0 aromatic carbocycles. The lowest BCUT2D eigenvalue weighted by Gasteiger charge is -2.19. The summed E-state index contributed by atoms with van der Waals surface area (Å²) in [6.07, 6.45) is -1.14. The van der Waals surface area contributed by atoms with Gasteiger partial charge in [0.05, 0.1) is 6.20 Å². The van der Waals surface area contributed by atoms with Crippen LogP contribution in [0.2, 0.25) is 0 Å². The van der Waals surface area contributed by atoms with Crippen molar-refractivity contribution in [1.82, 2.24) is 19.7 Å². The molecular formula is C12H15F3N6. The average Bonchev–Trinajstić information content (AvgIpc) is 2.82. The number of anilines is 2. The SMILES string of the molecule is CNc1cc(N(C)Cc2cnn(C)c2)nc(C(F)(F)F)n1. The van der Waals surface area contributed by atoms with Crippen LogP contribution < -0.4 is 10.2 Å². The van der Waals surface area contributed by atoms with Gasteiger partial charge in [-0.25, -0.2) is 9.97 Å². The van der Waals surface area contributed by atoms with Crippen molar-refractivity contribution in [2.75, 3.05) is 24.3 Å². The summed E-state index contributed by atoms with van der Waals surface area (Å²) in [6.45, 7) is 0.394. The largest absolute Gasteiger partial charge is 0.451 e. The van der Waals surface area contributed by atoms with Crippen LogP contribution in [0.5, 0.6) is 0 Å². The molecule has 6 nitrogen and oxygen atoms in total. The fourth-order valence-corrected chi connectivity index (χ4v) is 1.79. The molecule has 9 heteroatoms. The zero-order valence-corrected chi connectivity index (χ0v) is 11.8. The molecule has 114 valence electrons. The highest BCUT2D eigenvalue weighted by atomic mass is 19.4. The molecule has 0 aliphatic heterocycles.